The van der Waals surface area contributed by atoms with Crippen LogP contribution in [0.3, 0.4) is 0 Å². The second kappa shape index (κ2) is 7.52. The third kappa shape index (κ3) is 3.30. The minimum Gasteiger partial charge on any atom is -0.376 e. The van der Waals surface area contributed by atoms with Crippen LogP contribution >= 0.6 is 11.6 Å². The topological polar surface area (TPSA) is 82.1 Å². The molecule has 0 spiro atoms. The van der Waals surface area contributed by atoms with Gasteiger partial charge in [0.15, 0.2) is 0 Å². The molecule has 0 saturated carbocycles. The molecule has 0 fully saturated rings. The number of hydrogen-bond acceptors (Lipinski definition) is 4. The summed E-state index contributed by atoms with van der Waals surface area (Å²) in [5.41, 5.74) is -0.883. The van der Waals surface area contributed by atoms with Crippen LogP contribution in [0.25, 0.3) is 11.1 Å². The van der Waals surface area contributed by atoms with E-state index in [1.54, 1.807) is 6.92 Å². The summed E-state index contributed by atoms with van der Waals surface area (Å²) in [7, 11) is 0. The highest BCUT2D eigenvalue weighted by Gasteiger charge is 2.25. The zero-order chi connectivity index (χ0) is 18.7. The van der Waals surface area contributed by atoms with Crippen molar-refractivity contribution in [3.8, 4) is 11.1 Å². The van der Waals surface area contributed by atoms with Crippen LogP contribution in [-0.2, 0) is 13.1 Å². The molecule has 1 N–H and O–H groups in total. The normalized spacial score (nSPS) is 10.7. The van der Waals surface area contributed by atoms with Gasteiger partial charge in [0, 0.05) is 25.2 Å². The first kappa shape index (κ1) is 18.7. The van der Waals surface area contributed by atoms with Crippen LogP contribution in [0, 0.1) is 15.9 Å². The number of halogens is 2. The summed E-state index contributed by atoms with van der Waals surface area (Å²) < 4.78 is 17.5. The van der Waals surface area contributed by atoms with Gasteiger partial charge in [0.1, 0.15) is 16.7 Å². The van der Waals surface area contributed by atoms with Crippen molar-refractivity contribution in [2.75, 3.05) is 11.9 Å². The van der Waals surface area contributed by atoms with Crippen LogP contribution in [0.5, 0.6) is 0 Å². The number of hydrogen-bond donors (Lipinski definition) is 1. The summed E-state index contributed by atoms with van der Waals surface area (Å²) in [6.07, 6.45) is 1.51. The lowest BCUT2D eigenvalue weighted by Gasteiger charge is -2.09. The quantitative estimate of drug-likeness (QED) is 0.459. The number of benzene rings is 1. The van der Waals surface area contributed by atoms with Crippen molar-refractivity contribution in [1.29, 1.82) is 0 Å². The Morgan fingerprint density at radius 3 is 2.48 bits per heavy atom. The minimum atomic E-state index is -0.883. The van der Waals surface area contributed by atoms with Crippen molar-refractivity contribution in [2.45, 2.75) is 26.9 Å². The summed E-state index contributed by atoms with van der Waals surface area (Å²) >= 11 is 6.28. The number of rotatable bonds is 7. The van der Waals surface area contributed by atoms with Gasteiger partial charge in [-0.05, 0) is 19.9 Å². The highest BCUT2D eigenvalue weighted by molar-refractivity contribution is 6.32. The van der Waals surface area contributed by atoms with Crippen molar-refractivity contribution in [1.82, 2.24) is 9.36 Å². The standard InChI is InChI=1S/C16H18ClFN4O3/c1-4-7-19-12-8-10(11(18)9-13(12)22(24)25)14-15(17)20(5-2)21(6-3)16(14)23/h4,8-9,19H,1,5-7H2,2-3H3. The molecule has 0 atom stereocenters. The lowest BCUT2D eigenvalue weighted by atomic mass is 10.1. The Morgan fingerprint density at radius 1 is 1.36 bits per heavy atom. The highest BCUT2D eigenvalue weighted by Crippen LogP contribution is 2.35. The van der Waals surface area contributed by atoms with Gasteiger partial charge in [-0.1, -0.05) is 17.7 Å². The summed E-state index contributed by atoms with van der Waals surface area (Å²) in [5, 5.41) is 14.0. The molecule has 9 heteroatoms. The molecule has 2 aromatic rings. The molecule has 1 aromatic carbocycles. The number of anilines is 1. The first-order chi connectivity index (χ1) is 11.9. The van der Waals surface area contributed by atoms with E-state index in [9.17, 15) is 19.3 Å². The molecule has 0 saturated heterocycles. The number of nitrogens with one attached hydrogen (secondary N) is 1. The summed E-state index contributed by atoms with van der Waals surface area (Å²) in [6, 6.07) is 2.02. The van der Waals surface area contributed by atoms with E-state index >= 15 is 0 Å². The zero-order valence-corrected chi connectivity index (χ0v) is 14.6. The second-order valence-electron chi connectivity index (χ2n) is 5.18. The van der Waals surface area contributed by atoms with Crippen LogP contribution in [0.1, 0.15) is 13.8 Å². The summed E-state index contributed by atoms with van der Waals surface area (Å²) in [6.45, 7) is 8.15. The van der Waals surface area contributed by atoms with E-state index in [0.717, 1.165) is 6.07 Å². The molecule has 2 rings (SSSR count). The summed E-state index contributed by atoms with van der Waals surface area (Å²) in [4.78, 5) is 23.1. The van der Waals surface area contributed by atoms with Crippen molar-refractivity contribution < 1.29 is 9.31 Å². The molecular formula is C16H18ClFN4O3. The Morgan fingerprint density at radius 2 is 2.00 bits per heavy atom. The number of aromatic nitrogens is 2. The summed E-state index contributed by atoms with van der Waals surface area (Å²) in [5.74, 6) is -0.883. The first-order valence-corrected chi connectivity index (χ1v) is 8.07. The van der Waals surface area contributed by atoms with Gasteiger partial charge in [-0.15, -0.1) is 6.58 Å². The molecule has 0 unspecified atom stereocenters. The van der Waals surface area contributed by atoms with Crippen molar-refractivity contribution in [2.24, 2.45) is 0 Å². The number of nitro benzene ring substituents is 1. The maximum Gasteiger partial charge on any atom is 0.295 e. The second-order valence-corrected chi connectivity index (χ2v) is 5.54. The maximum absolute atomic E-state index is 14.5. The SMILES string of the molecule is C=CCNc1cc(-c2c(Cl)n(CC)n(CC)c2=O)c(F)cc1[N+](=O)[O-]. The van der Waals surface area contributed by atoms with E-state index in [2.05, 4.69) is 11.9 Å². The molecule has 1 aromatic heterocycles. The van der Waals surface area contributed by atoms with E-state index < -0.39 is 22.0 Å². The van der Waals surface area contributed by atoms with Crippen molar-refractivity contribution >= 4 is 23.0 Å². The van der Waals surface area contributed by atoms with E-state index in [4.69, 9.17) is 11.6 Å². The highest BCUT2D eigenvalue weighted by atomic mass is 35.5. The number of nitrogens with zero attached hydrogens (tertiary/aromatic N) is 3. The van der Waals surface area contributed by atoms with Crippen molar-refractivity contribution in [3.63, 3.8) is 0 Å². The molecular weight excluding hydrogens is 351 g/mol. The smallest absolute Gasteiger partial charge is 0.295 e. The molecule has 134 valence electrons. The molecule has 0 amide bonds. The van der Waals surface area contributed by atoms with E-state index in [-0.39, 0.29) is 28.5 Å². The lowest BCUT2D eigenvalue weighted by molar-refractivity contribution is -0.384. The van der Waals surface area contributed by atoms with Crippen LogP contribution in [0.4, 0.5) is 15.8 Å². The van der Waals surface area contributed by atoms with Crippen LogP contribution in [-0.4, -0.2) is 20.8 Å². The van der Waals surface area contributed by atoms with Crippen molar-refractivity contribution in [3.05, 3.63) is 56.2 Å². The fourth-order valence-corrected chi connectivity index (χ4v) is 3.03. The average molecular weight is 369 g/mol. The molecule has 0 radical (unpaired) electrons. The molecule has 1 heterocycles. The molecule has 0 aliphatic carbocycles. The predicted octanol–water partition coefficient (Wildman–Crippen LogP) is 3.66. The fourth-order valence-electron chi connectivity index (χ4n) is 2.64. The third-order valence-electron chi connectivity index (χ3n) is 3.76. The molecule has 25 heavy (non-hydrogen) atoms. The largest absolute Gasteiger partial charge is 0.376 e. The molecule has 0 aliphatic rings. The maximum atomic E-state index is 14.5. The minimum absolute atomic E-state index is 0.0144. The van der Waals surface area contributed by atoms with Crippen LogP contribution < -0.4 is 10.9 Å². The Bertz CT molecular complexity index is 888. The third-order valence-corrected chi connectivity index (χ3v) is 4.14. The average Bonchev–Trinajstić information content (AvgIpc) is 2.82. The van der Waals surface area contributed by atoms with Gasteiger partial charge in [-0.2, -0.15) is 0 Å². The van der Waals surface area contributed by atoms with E-state index in [1.165, 1.54) is 21.5 Å². The van der Waals surface area contributed by atoms with Gasteiger partial charge in [0.05, 0.1) is 16.6 Å². The monoisotopic (exact) mass is 368 g/mol. The Balaban J connectivity index is 2.76. The molecule has 7 nitrogen and oxygen atoms in total. The molecule has 0 bridgehead atoms. The van der Waals surface area contributed by atoms with Gasteiger partial charge in [0.25, 0.3) is 11.2 Å². The molecule has 0 aliphatic heterocycles. The Labute approximate surface area is 148 Å². The fraction of sp³-hybridized carbons (Fsp3) is 0.312. The van der Waals surface area contributed by atoms with Gasteiger partial charge in [-0.25, -0.2) is 9.07 Å². The van der Waals surface area contributed by atoms with Crippen LogP contribution in [0.15, 0.2) is 29.6 Å². The van der Waals surface area contributed by atoms with Crippen LogP contribution in [0.2, 0.25) is 5.15 Å². The predicted molar refractivity (Wildman–Crippen MR) is 95.8 cm³/mol. The Kier molecular flexibility index (Phi) is 5.63. The first-order valence-electron chi connectivity index (χ1n) is 7.69. The van der Waals surface area contributed by atoms with Gasteiger partial charge in [0.2, 0.25) is 0 Å². The van der Waals surface area contributed by atoms with E-state index in [0.29, 0.717) is 13.1 Å². The van der Waals surface area contributed by atoms with E-state index in [1.807, 2.05) is 6.92 Å². The van der Waals surface area contributed by atoms with Gasteiger partial charge < -0.3 is 5.32 Å². The zero-order valence-electron chi connectivity index (χ0n) is 13.9. The van der Waals surface area contributed by atoms with Gasteiger partial charge in [-0.3, -0.25) is 19.6 Å². The van der Waals surface area contributed by atoms with Gasteiger partial charge >= 0.3 is 0 Å². The lowest BCUT2D eigenvalue weighted by Crippen LogP contribution is -2.22. The Hall–Kier alpha value is -2.61. The number of nitro groups is 1.